The molecule has 0 heterocycles. The number of rotatable bonds is 8. The normalized spacial score (nSPS) is 21.9. The van der Waals surface area contributed by atoms with Gasteiger partial charge in [-0.3, -0.25) is 0 Å². The van der Waals surface area contributed by atoms with Crippen molar-refractivity contribution >= 4 is 53.2 Å². The van der Waals surface area contributed by atoms with Crippen LogP contribution in [0.1, 0.15) is 139 Å². The van der Waals surface area contributed by atoms with Gasteiger partial charge in [0.05, 0.1) is 0 Å². The first-order valence-corrected chi connectivity index (χ1v) is 26.5. The molecule has 4 fully saturated rings. The molecule has 4 aliphatic rings. The number of halogens is 2. The van der Waals surface area contributed by atoms with Crippen molar-refractivity contribution < 1.29 is 23.3 Å². The molecule has 0 aliphatic heterocycles. The summed E-state index contributed by atoms with van der Waals surface area (Å²) in [4.78, 5) is 0. The Morgan fingerprint density at radius 2 is 0.933 bits per heavy atom. The summed E-state index contributed by atoms with van der Waals surface area (Å²) in [5.41, 5.74) is 12.7. The third kappa shape index (κ3) is 11.3. The molecule has 4 saturated carbocycles. The predicted molar refractivity (Wildman–Crippen MR) is 266 cm³/mol. The van der Waals surface area contributed by atoms with Crippen molar-refractivity contribution in [2.45, 2.75) is 130 Å². The molecule has 6 aromatic rings. The second-order valence-electron chi connectivity index (χ2n) is 19.0. The van der Waals surface area contributed by atoms with Gasteiger partial charge in [-0.15, -0.1) is 93.9 Å². The van der Waals surface area contributed by atoms with Crippen LogP contribution in [0.3, 0.4) is 0 Å². The standard InChI is InChI=1S/2C26H29.C3H7.CH3.2ClH.Si.Zr/c2*1-18(2)21-6-8-22(9-7-21)24-5-3-4-23-14-20(15-25(23)24)17-26-12-10-19(16-26)11-13-26;1-3-2;;;;;/h2*3-9,14-15,18-19H,10-13,16-17H2,1-2H3;1,3H2,2H3;1H3;2*1H;;/q4*-1;;;;. The second kappa shape index (κ2) is 22.4. The molecule has 6 aromatic carbocycles. The molecule has 4 bridgehead atoms. The van der Waals surface area contributed by atoms with E-state index in [-0.39, 0.29) is 32.2 Å². The van der Waals surface area contributed by atoms with E-state index in [2.05, 4.69) is 151 Å². The molecule has 0 atom stereocenters. The molecule has 0 amide bonds. The molecule has 0 spiro atoms. The summed E-state index contributed by atoms with van der Waals surface area (Å²) in [7, 11) is 0. The van der Waals surface area contributed by atoms with Crippen molar-refractivity contribution in [1.29, 1.82) is 0 Å². The zero-order valence-corrected chi connectivity index (χ0v) is 42.5. The first-order valence-electron chi connectivity index (χ1n) is 22.3. The summed E-state index contributed by atoms with van der Waals surface area (Å²) >= 11 is 1.36. The van der Waals surface area contributed by atoms with Gasteiger partial charge in [0.2, 0.25) is 0 Å². The van der Waals surface area contributed by atoms with Crippen molar-refractivity contribution in [2.75, 3.05) is 0 Å². The predicted octanol–water partition coefficient (Wildman–Crippen LogP) is 17.1. The quantitative estimate of drug-likeness (QED) is 0.105. The Balaban J connectivity index is 0.000000229. The van der Waals surface area contributed by atoms with Gasteiger partial charge in [-0.1, -0.05) is 106 Å². The fourth-order valence-corrected chi connectivity index (χ4v) is 11.4. The monoisotopic (exact) mass is 930 g/mol. The molecular weight excluding hydrogens is 863 g/mol. The van der Waals surface area contributed by atoms with E-state index < -0.39 is 0 Å². The molecule has 4 heteroatoms. The Morgan fingerprint density at radius 3 is 1.22 bits per heavy atom. The maximum absolute atomic E-state index is 3.49. The van der Waals surface area contributed by atoms with Crippen LogP contribution in [-0.4, -0.2) is 6.88 Å². The number of fused-ring (bicyclic) bond motifs is 6. The van der Waals surface area contributed by atoms with E-state index in [9.17, 15) is 0 Å². The Labute approximate surface area is 394 Å². The van der Waals surface area contributed by atoms with Gasteiger partial charge in [0, 0.05) is 0 Å². The van der Waals surface area contributed by atoms with E-state index in [0.29, 0.717) is 22.7 Å². The zero-order valence-electron chi connectivity index (χ0n) is 37.4. The second-order valence-corrected chi connectivity index (χ2v) is 19.0. The fraction of sp³-hybridized carbons (Fsp3) is 0.429. The molecule has 0 nitrogen and oxygen atoms in total. The van der Waals surface area contributed by atoms with Gasteiger partial charge in [0.25, 0.3) is 0 Å². The van der Waals surface area contributed by atoms with Crippen LogP contribution < -0.4 is 0 Å². The molecule has 0 aromatic heterocycles. The number of benzene rings is 4. The molecule has 0 saturated heterocycles. The van der Waals surface area contributed by atoms with Crippen molar-refractivity contribution in [1.82, 2.24) is 0 Å². The van der Waals surface area contributed by atoms with Crippen LogP contribution in [0.15, 0.2) is 109 Å². The molecule has 320 valence electrons. The zero-order chi connectivity index (χ0) is 40.2. The fourth-order valence-electron chi connectivity index (χ4n) is 11.4. The summed E-state index contributed by atoms with van der Waals surface area (Å²) in [6.07, 6.45) is 18.3. The third-order valence-electron chi connectivity index (χ3n) is 14.3. The maximum atomic E-state index is 3.49. The topological polar surface area (TPSA) is 0 Å². The molecule has 0 unspecified atom stereocenters. The Kier molecular flexibility index (Phi) is 18.8. The summed E-state index contributed by atoms with van der Waals surface area (Å²) < 4.78 is 0. The van der Waals surface area contributed by atoms with Crippen molar-refractivity contribution in [3.8, 4) is 22.3 Å². The minimum absolute atomic E-state index is 0. The Morgan fingerprint density at radius 1 is 0.600 bits per heavy atom. The van der Waals surface area contributed by atoms with Gasteiger partial charge >= 0.3 is 30.2 Å². The van der Waals surface area contributed by atoms with Crippen LogP contribution in [0, 0.1) is 37.0 Å². The molecule has 2 radical (unpaired) electrons. The van der Waals surface area contributed by atoms with E-state index >= 15 is 0 Å². The Hall–Kier alpha value is -2.22. The van der Waals surface area contributed by atoms with Crippen LogP contribution in [0.2, 0.25) is 0 Å². The van der Waals surface area contributed by atoms with E-state index in [4.69, 9.17) is 0 Å². The van der Waals surface area contributed by atoms with Gasteiger partial charge in [-0.25, -0.2) is 0 Å². The first kappa shape index (κ1) is 50.4. The van der Waals surface area contributed by atoms with E-state index in [1.807, 2.05) is 6.92 Å². The molecule has 4 aliphatic carbocycles. The van der Waals surface area contributed by atoms with Crippen LogP contribution in [0.5, 0.6) is 0 Å². The van der Waals surface area contributed by atoms with Gasteiger partial charge in [-0.2, -0.15) is 18.6 Å². The SMILES string of the molecule is CC(C)c1ccc(-c2cccc3[cH-]c(CC45CCC(CC4)C5)cc23)cc1.CC(C)c1ccc(-c2cccc3[cH-]c(CC45CCC(CC4)C5)cc23)cc1.Cl.Cl.[CH2-]CC.[CH3-].[Si]=[Zr]. The van der Waals surface area contributed by atoms with Crippen LogP contribution in [0.25, 0.3) is 43.8 Å². The van der Waals surface area contributed by atoms with Gasteiger partial charge in [-0.05, 0) is 134 Å². The summed E-state index contributed by atoms with van der Waals surface area (Å²) in [5, 5.41) is 5.69. The van der Waals surface area contributed by atoms with Gasteiger partial charge in [0.1, 0.15) is 0 Å². The van der Waals surface area contributed by atoms with Crippen LogP contribution in [0.4, 0.5) is 0 Å². The number of hydrogen-bond donors (Lipinski definition) is 0. The molecule has 10 rings (SSSR count). The molecular formula is C56H70Cl2SiZr-4. The van der Waals surface area contributed by atoms with E-state index in [0.717, 1.165) is 18.3 Å². The number of hydrogen-bond acceptors (Lipinski definition) is 0. The third-order valence-corrected chi connectivity index (χ3v) is 14.3. The Bertz CT molecular complexity index is 2050. The average molecular weight is 933 g/mol. The first-order chi connectivity index (χ1) is 27.6. The van der Waals surface area contributed by atoms with E-state index in [1.54, 1.807) is 11.1 Å². The van der Waals surface area contributed by atoms with Crippen molar-refractivity contribution in [3.63, 3.8) is 0 Å². The van der Waals surface area contributed by atoms with Crippen molar-refractivity contribution in [2.24, 2.45) is 22.7 Å². The molecule has 60 heavy (non-hydrogen) atoms. The van der Waals surface area contributed by atoms with Gasteiger partial charge in [0.15, 0.2) is 0 Å². The van der Waals surface area contributed by atoms with Crippen LogP contribution in [-0.2, 0) is 36.2 Å². The van der Waals surface area contributed by atoms with Crippen LogP contribution >= 0.6 is 24.8 Å². The average Bonchev–Trinajstić information content (AvgIpc) is 4.10. The molecule has 0 N–H and O–H groups in total. The van der Waals surface area contributed by atoms with Crippen molar-refractivity contribution in [3.05, 3.63) is 146 Å². The summed E-state index contributed by atoms with van der Waals surface area (Å²) in [6.45, 7) is 17.6. The summed E-state index contributed by atoms with van der Waals surface area (Å²) in [6, 6.07) is 41.8. The van der Waals surface area contributed by atoms with Gasteiger partial charge < -0.3 is 14.4 Å². The minimum atomic E-state index is 0. The van der Waals surface area contributed by atoms with E-state index in [1.165, 1.54) is 155 Å². The summed E-state index contributed by atoms with van der Waals surface area (Å²) in [5.74, 6) is 3.25.